The minimum absolute atomic E-state index is 0.00217. The van der Waals surface area contributed by atoms with Crippen molar-refractivity contribution >= 4 is 30.1 Å². The Labute approximate surface area is 204 Å². The van der Waals surface area contributed by atoms with Crippen molar-refractivity contribution in [1.82, 2.24) is 21.3 Å². The molecule has 2 rings (SSSR count). The molecule has 0 aliphatic carbocycles. The third-order valence-corrected chi connectivity index (χ3v) is 5.76. The van der Waals surface area contributed by atoms with E-state index in [0.29, 0.717) is 24.8 Å². The van der Waals surface area contributed by atoms with Crippen molar-refractivity contribution in [3.05, 3.63) is 29.8 Å². The standard InChI is InChI=1S/C24H34N4O7/c1-14(2)10-19(22(32)26-17(13-29)12-16-4-3-9-25-21(16)31)27-23(33)20(28-24(34)35)11-15-5-7-18(30)8-6-15/h5-8,13-14,16-17,19-20,28,30H,3-4,9-12H2,1-2H3,(H,25,31)(H,26,32)(H,27,33)(H,34,35). The number of piperidine rings is 1. The van der Waals surface area contributed by atoms with Crippen LogP contribution in [0.1, 0.15) is 45.1 Å². The van der Waals surface area contributed by atoms with Crippen LogP contribution in [0.25, 0.3) is 0 Å². The monoisotopic (exact) mass is 490 g/mol. The van der Waals surface area contributed by atoms with E-state index in [2.05, 4.69) is 21.3 Å². The lowest BCUT2D eigenvalue weighted by Crippen LogP contribution is -2.56. The van der Waals surface area contributed by atoms with Gasteiger partial charge in [0, 0.05) is 18.9 Å². The van der Waals surface area contributed by atoms with Crippen molar-refractivity contribution in [1.29, 1.82) is 0 Å². The molecule has 6 N–H and O–H groups in total. The largest absolute Gasteiger partial charge is 0.508 e. The van der Waals surface area contributed by atoms with Crippen LogP contribution >= 0.6 is 0 Å². The summed E-state index contributed by atoms with van der Waals surface area (Å²) in [6.45, 7) is 4.31. The molecule has 1 aromatic carbocycles. The first kappa shape index (κ1) is 27.6. The summed E-state index contributed by atoms with van der Waals surface area (Å²) >= 11 is 0. The molecule has 4 atom stereocenters. The highest BCUT2D eigenvalue weighted by Gasteiger charge is 2.31. The lowest BCUT2D eigenvalue weighted by molar-refractivity contribution is -0.132. The van der Waals surface area contributed by atoms with Gasteiger partial charge in [-0.2, -0.15) is 0 Å². The van der Waals surface area contributed by atoms with Crippen LogP contribution < -0.4 is 21.3 Å². The molecule has 1 fully saturated rings. The van der Waals surface area contributed by atoms with Crippen LogP contribution in [0.3, 0.4) is 0 Å². The summed E-state index contributed by atoms with van der Waals surface area (Å²) in [5.74, 6) is -1.78. The summed E-state index contributed by atoms with van der Waals surface area (Å²) < 4.78 is 0. The number of aromatic hydroxyl groups is 1. The van der Waals surface area contributed by atoms with Crippen LogP contribution in [-0.2, 0) is 25.6 Å². The van der Waals surface area contributed by atoms with E-state index in [1.165, 1.54) is 12.1 Å². The van der Waals surface area contributed by atoms with Gasteiger partial charge in [-0.05, 0) is 49.3 Å². The number of carboxylic acid groups (broad SMARTS) is 1. The molecule has 0 aromatic heterocycles. The number of benzene rings is 1. The third kappa shape index (κ3) is 9.26. The Balaban J connectivity index is 2.09. The Morgan fingerprint density at radius 2 is 1.74 bits per heavy atom. The van der Waals surface area contributed by atoms with Crippen LogP contribution in [-0.4, -0.2) is 65.0 Å². The van der Waals surface area contributed by atoms with Gasteiger partial charge in [0.15, 0.2) is 0 Å². The lowest BCUT2D eigenvalue weighted by atomic mass is 9.91. The number of phenols is 1. The molecular formula is C24H34N4O7. The van der Waals surface area contributed by atoms with Crippen molar-refractivity contribution in [3.8, 4) is 5.75 Å². The fraction of sp³-hybridized carbons (Fsp3) is 0.542. The molecule has 1 aliphatic rings. The van der Waals surface area contributed by atoms with Gasteiger partial charge >= 0.3 is 6.09 Å². The van der Waals surface area contributed by atoms with E-state index in [9.17, 15) is 34.2 Å². The summed E-state index contributed by atoms with van der Waals surface area (Å²) in [4.78, 5) is 60.9. The van der Waals surface area contributed by atoms with Crippen LogP contribution in [0, 0.1) is 11.8 Å². The van der Waals surface area contributed by atoms with Crippen LogP contribution in [0.2, 0.25) is 0 Å². The summed E-state index contributed by atoms with van der Waals surface area (Å²) in [5, 5.41) is 28.8. The summed E-state index contributed by atoms with van der Waals surface area (Å²) in [6.07, 6.45) is 1.01. The molecule has 1 aliphatic heterocycles. The highest BCUT2D eigenvalue weighted by Crippen LogP contribution is 2.17. The SMILES string of the molecule is CC(C)CC(NC(=O)C(Cc1ccc(O)cc1)NC(=O)O)C(=O)NC(C=O)CC1CCCNC1=O. The molecule has 0 bridgehead atoms. The number of aldehydes is 1. The second kappa shape index (κ2) is 13.3. The van der Waals surface area contributed by atoms with Crippen molar-refractivity contribution in [2.24, 2.45) is 11.8 Å². The topological polar surface area (TPSA) is 174 Å². The lowest BCUT2D eigenvalue weighted by Gasteiger charge is -2.27. The van der Waals surface area contributed by atoms with Gasteiger partial charge in [-0.25, -0.2) is 4.79 Å². The van der Waals surface area contributed by atoms with E-state index in [1.54, 1.807) is 12.1 Å². The Morgan fingerprint density at radius 3 is 2.31 bits per heavy atom. The highest BCUT2D eigenvalue weighted by atomic mass is 16.4. The maximum absolute atomic E-state index is 13.0. The molecule has 0 radical (unpaired) electrons. The van der Waals surface area contributed by atoms with E-state index in [0.717, 1.165) is 6.42 Å². The molecule has 192 valence electrons. The zero-order valence-electron chi connectivity index (χ0n) is 20.0. The molecule has 11 nitrogen and oxygen atoms in total. The van der Waals surface area contributed by atoms with Gasteiger partial charge in [0.25, 0.3) is 0 Å². The van der Waals surface area contributed by atoms with Crippen molar-refractivity contribution in [3.63, 3.8) is 0 Å². The van der Waals surface area contributed by atoms with Crippen molar-refractivity contribution in [2.45, 2.75) is 64.1 Å². The molecule has 0 saturated carbocycles. The first-order valence-electron chi connectivity index (χ1n) is 11.7. The molecule has 11 heteroatoms. The van der Waals surface area contributed by atoms with E-state index < -0.39 is 36.0 Å². The minimum Gasteiger partial charge on any atom is -0.508 e. The number of hydrogen-bond acceptors (Lipinski definition) is 6. The van der Waals surface area contributed by atoms with Crippen LogP contribution in [0.15, 0.2) is 24.3 Å². The Hall–Kier alpha value is -3.63. The maximum Gasteiger partial charge on any atom is 0.405 e. The van der Waals surface area contributed by atoms with E-state index in [-0.39, 0.29) is 42.8 Å². The second-order valence-electron chi connectivity index (χ2n) is 9.18. The van der Waals surface area contributed by atoms with Gasteiger partial charge in [-0.3, -0.25) is 14.4 Å². The fourth-order valence-electron chi connectivity index (χ4n) is 4.00. The first-order chi connectivity index (χ1) is 16.6. The van der Waals surface area contributed by atoms with E-state index in [4.69, 9.17) is 0 Å². The predicted octanol–water partition coefficient (Wildman–Crippen LogP) is 0.702. The van der Waals surface area contributed by atoms with Crippen molar-refractivity contribution < 1.29 is 34.2 Å². The van der Waals surface area contributed by atoms with Crippen LogP contribution in [0.5, 0.6) is 5.75 Å². The molecule has 1 saturated heterocycles. The van der Waals surface area contributed by atoms with E-state index >= 15 is 0 Å². The number of carbonyl (C=O) groups is 5. The zero-order chi connectivity index (χ0) is 26.0. The maximum atomic E-state index is 13.0. The molecule has 1 heterocycles. The Morgan fingerprint density at radius 1 is 1.09 bits per heavy atom. The van der Waals surface area contributed by atoms with Gasteiger partial charge < -0.3 is 36.3 Å². The molecule has 1 aromatic rings. The normalized spacial score (nSPS) is 18.0. The van der Waals surface area contributed by atoms with E-state index in [1.807, 2.05) is 13.8 Å². The average Bonchev–Trinajstić information content (AvgIpc) is 2.79. The Bertz CT molecular complexity index is 904. The summed E-state index contributed by atoms with van der Waals surface area (Å²) in [7, 11) is 0. The molecular weight excluding hydrogens is 456 g/mol. The smallest absolute Gasteiger partial charge is 0.405 e. The summed E-state index contributed by atoms with van der Waals surface area (Å²) in [5.41, 5.74) is 0.605. The number of hydrogen-bond donors (Lipinski definition) is 6. The van der Waals surface area contributed by atoms with Gasteiger partial charge in [0.2, 0.25) is 17.7 Å². The first-order valence-corrected chi connectivity index (χ1v) is 11.7. The molecule has 0 spiro atoms. The number of amides is 4. The minimum atomic E-state index is -1.40. The van der Waals surface area contributed by atoms with Crippen molar-refractivity contribution in [2.75, 3.05) is 6.54 Å². The van der Waals surface area contributed by atoms with Gasteiger partial charge in [-0.15, -0.1) is 0 Å². The molecule has 35 heavy (non-hydrogen) atoms. The van der Waals surface area contributed by atoms with Gasteiger partial charge in [0.05, 0.1) is 6.04 Å². The van der Waals surface area contributed by atoms with Gasteiger partial charge in [-0.1, -0.05) is 26.0 Å². The third-order valence-electron chi connectivity index (χ3n) is 5.76. The molecule has 4 unspecified atom stereocenters. The van der Waals surface area contributed by atoms with Crippen LogP contribution in [0.4, 0.5) is 4.79 Å². The quantitative estimate of drug-likeness (QED) is 0.234. The average molecular weight is 491 g/mol. The number of phenolic OH excluding ortho intramolecular Hbond substituents is 1. The number of carbonyl (C=O) groups excluding carboxylic acids is 4. The van der Waals surface area contributed by atoms with Gasteiger partial charge in [0.1, 0.15) is 24.1 Å². The number of nitrogens with one attached hydrogen (secondary N) is 4. The fourth-order valence-corrected chi connectivity index (χ4v) is 4.00. The summed E-state index contributed by atoms with van der Waals surface area (Å²) in [6, 6.07) is 2.88. The second-order valence-corrected chi connectivity index (χ2v) is 9.18. The molecule has 4 amide bonds. The Kier molecular flexibility index (Phi) is 10.5. The number of rotatable bonds is 12. The predicted molar refractivity (Wildman–Crippen MR) is 126 cm³/mol. The highest BCUT2D eigenvalue weighted by molar-refractivity contribution is 5.92. The zero-order valence-corrected chi connectivity index (χ0v) is 20.0.